The Bertz CT molecular complexity index is 533. The molecule has 19 heavy (non-hydrogen) atoms. The molecular formula is C16H23N3. The molecule has 1 spiro atoms. The van der Waals surface area contributed by atoms with Crippen molar-refractivity contribution in [1.29, 1.82) is 0 Å². The Morgan fingerprint density at radius 3 is 2.68 bits per heavy atom. The number of hydrogen-bond acceptors (Lipinski definition) is 3. The largest absolute Gasteiger partial charge is 0.369 e. The molecule has 0 radical (unpaired) electrons. The number of benzene rings is 1. The molecule has 3 heteroatoms. The number of aliphatic imine (C=N–C) groups is 1. The highest BCUT2D eigenvalue weighted by Gasteiger charge is 2.50. The molecule has 0 aromatic heterocycles. The Morgan fingerprint density at radius 2 is 2.05 bits per heavy atom. The zero-order valence-electron chi connectivity index (χ0n) is 12.1. The molecule has 1 aromatic rings. The van der Waals surface area contributed by atoms with Crippen LogP contribution in [-0.4, -0.2) is 18.0 Å². The highest BCUT2D eigenvalue weighted by molar-refractivity contribution is 5.98. The monoisotopic (exact) mass is 257 g/mol. The van der Waals surface area contributed by atoms with Crippen LogP contribution < -0.4 is 10.6 Å². The van der Waals surface area contributed by atoms with Crippen LogP contribution in [0.4, 0.5) is 5.69 Å². The van der Waals surface area contributed by atoms with Crippen LogP contribution in [0.5, 0.6) is 0 Å². The summed E-state index contributed by atoms with van der Waals surface area (Å²) in [7, 11) is 0. The van der Waals surface area contributed by atoms with Crippen LogP contribution in [0.15, 0.2) is 29.3 Å². The molecule has 2 N–H and O–H groups in total. The van der Waals surface area contributed by atoms with Crippen LogP contribution in [0, 0.1) is 12.3 Å². The maximum atomic E-state index is 6.18. The van der Waals surface area contributed by atoms with E-state index in [0.29, 0.717) is 11.4 Å². The van der Waals surface area contributed by atoms with Gasteiger partial charge in [0.25, 0.3) is 0 Å². The first kappa shape index (κ1) is 12.5. The second-order valence-electron chi connectivity index (χ2n) is 6.91. The van der Waals surface area contributed by atoms with Crippen LogP contribution in [-0.2, 0) is 0 Å². The minimum Gasteiger partial charge on any atom is -0.369 e. The van der Waals surface area contributed by atoms with E-state index in [0.717, 1.165) is 13.0 Å². The lowest BCUT2D eigenvalue weighted by atomic mass is 9.87. The van der Waals surface area contributed by atoms with Gasteiger partial charge in [-0.15, -0.1) is 0 Å². The third-order valence-corrected chi connectivity index (χ3v) is 4.57. The van der Waals surface area contributed by atoms with Crippen molar-refractivity contribution in [2.45, 2.75) is 45.6 Å². The molecule has 3 nitrogen and oxygen atoms in total. The molecule has 1 aliphatic heterocycles. The van der Waals surface area contributed by atoms with Gasteiger partial charge in [-0.05, 0) is 49.3 Å². The molecule has 1 fully saturated rings. The maximum absolute atomic E-state index is 6.18. The molecule has 0 saturated heterocycles. The van der Waals surface area contributed by atoms with Crippen LogP contribution in [0.2, 0.25) is 0 Å². The lowest BCUT2D eigenvalue weighted by Crippen LogP contribution is -2.50. The smallest absolute Gasteiger partial charge is 0.196 e. The third-order valence-electron chi connectivity index (χ3n) is 4.57. The maximum Gasteiger partial charge on any atom is 0.196 e. The van der Waals surface area contributed by atoms with Gasteiger partial charge in [-0.1, -0.05) is 26.0 Å². The van der Waals surface area contributed by atoms with Crippen molar-refractivity contribution in [2.75, 3.05) is 11.4 Å². The first-order chi connectivity index (χ1) is 8.92. The molecule has 102 valence electrons. The van der Waals surface area contributed by atoms with Crippen molar-refractivity contribution in [3.05, 3.63) is 29.8 Å². The molecule has 0 bridgehead atoms. The first-order valence-electron chi connectivity index (χ1n) is 7.09. The Labute approximate surface area is 115 Å². The average Bonchev–Trinajstić information content (AvgIpc) is 2.80. The molecule has 0 amide bonds. The SMILES string of the molecule is Cc1cccc(N2C(N)=NCC23CCC(C)(C)C3)c1. The summed E-state index contributed by atoms with van der Waals surface area (Å²) in [5, 5.41) is 0. The van der Waals surface area contributed by atoms with E-state index in [9.17, 15) is 0 Å². The fourth-order valence-corrected chi connectivity index (χ4v) is 3.75. The average molecular weight is 257 g/mol. The van der Waals surface area contributed by atoms with E-state index in [4.69, 9.17) is 5.73 Å². The lowest BCUT2D eigenvalue weighted by molar-refractivity contribution is 0.346. The van der Waals surface area contributed by atoms with Gasteiger partial charge in [0.1, 0.15) is 0 Å². The Kier molecular flexibility index (Phi) is 2.63. The zero-order chi connectivity index (χ0) is 13.7. The molecule has 1 aliphatic carbocycles. The van der Waals surface area contributed by atoms with Gasteiger partial charge in [-0.25, -0.2) is 0 Å². The Hall–Kier alpha value is -1.51. The van der Waals surface area contributed by atoms with Gasteiger partial charge in [-0.2, -0.15) is 0 Å². The van der Waals surface area contributed by atoms with Crippen molar-refractivity contribution in [3.63, 3.8) is 0 Å². The van der Waals surface area contributed by atoms with Crippen LogP contribution in [0.1, 0.15) is 38.7 Å². The highest BCUT2D eigenvalue weighted by atomic mass is 15.4. The fraction of sp³-hybridized carbons (Fsp3) is 0.562. The number of nitrogens with zero attached hydrogens (tertiary/aromatic N) is 2. The minimum atomic E-state index is 0.112. The summed E-state index contributed by atoms with van der Waals surface area (Å²) < 4.78 is 0. The van der Waals surface area contributed by atoms with Gasteiger partial charge in [0.2, 0.25) is 0 Å². The summed E-state index contributed by atoms with van der Waals surface area (Å²) in [6, 6.07) is 8.58. The van der Waals surface area contributed by atoms with Crippen molar-refractivity contribution in [1.82, 2.24) is 0 Å². The van der Waals surface area contributed by atoms with Crippen molar-refractivity contribution in [3.8, 4) is 0 Å². The number of guanidine groups is 1. The number of nitrogens with two attached hydrogens (primary N) is 1. The third kappa shape index (κ3) is 2.01. The van der Waals surface area contributed by atoms with Gasteiger partial charge >= 0.3 is 0 Å². The summed E-state index contributed by atoms with van der Waals surface area (Å²) in [5.74, 6) is 0.684. The zero-order valence-corrected chi connectivity index (χ0v) is 12.1. The number of hydrogen-bond donors (Lipinski definition) is 1. The molecule has 3 rings (SSSR count). The summed E-state index contributed by atoms with van der Waals surface area (Å²) in [4.78, 5) is 6.83. The fourth-order valence-electron chi connectivity index (χ4n) is 3.75. The molecule has 1 heterocycles. The van der Waals surface area contributed by atoms with Gasteiger partial charge in [0.15, 0.2) is 5.96 Å². The van der Waals surface area contributed by atoms with E-state index >= 15 is 0 Å². The quantitative estimate of drug-likeness (QED) is 0.840. The predicted octanol–water partition coefficient (Wildman–Crippen LogP) is 3.08. The van der Waals surface area contributed by atoms with Crippen LogP contribution in [0.3, 0.4) is 0 Å². The molecule has 1 atom stereocenters. The van der Waals surface area contributed by atoms with Crippen molar-refractivity contribution in [2.24, 2.45) is 16.1 Å². The lowest BCUT2D eigenvalue weighted by Gasteiger charge is -2.37. The summed E-state index contributed by atoms with van der Waals surface area (Å²) in [6.07, 6.45) is 3.59. The van der Waals surface area contributed by atoms with E-state index in [2.05, 4.69) is 54.9 Å². The van der Waals surface area contributed by atoms with E-state index in [-0.39, 0.29) is 5.54 Å². The standard InChI is InChI=1S/C16H23N3/c1-12-5-4-6-13(9-12)19-14(17)18-11-16(19)8-7-15(2,3)10-16/h4-6,9H,7-8,10-11H2,1-3H3,(H2,17,18). The van der Waals surface area contributed by atoms with Crippen LogP contribution in [0.25, 0.3) is 0 Å². The topological polar surface area (TPSA) is 41.6 Å². The molecule has 1 unspecified atom stereocenters. The molecule has 2 aliphatic rings. The van der Waals surface area contributed by atoms with Crippen LogP contribution >= 0.6 is 0 Å². The van der Waals surface area contributed by atoms with Gasteiger partial charge in [-0.3, -0.25) is 4.99 Å². The Morgan fingerprint density at radius 1 is 1.26 bits per heavy atom. The van der Waals surface area contributed by atoms with E-state index in [1.54, 1.807) is 0 Å². The summed E-state index contributed by atoms with van der Waals surface area (Å²) in [6.45, 7) is 7.67. The normalized spacial score (nSPS) is 29.0. The van der Waals surface area contributed by atoms with Gasteiger partial charge in [0.05, 0.1) is 12.1 Å². The predicted molar refractivity (Wildman–Crippen MR) is 80.5 cm³/mol. The number of anilines is 1. The summed E-state index contributed by atoms with van der Waals surface area (Å²) in [5.41, 5.74) is 9.14. The van der Waals surface area contributed by atoms with E-state index in [1.165, 1.54) is 24.1 Å². The first-order valence-corrected chi connectivity index (χ1v) is 7.09. The van der Waals surface area contributed by atoms with Gasteiger partial charge < -0.3 is 10.6 Å². The van der Waals surface area contributed by atoms with E-state index < -0.39 is 0 Å². The Balaban J connectivity index is 2.00. The highest BCUT2D eigenvalue weighted by Crippen LogP contribution is 2.49. The second kappa shape index (κ2) is 3.99. The molecule has 1 saturated carbocycles. The molecular weight excluding hydrogens is 234 g/mol. The van der Waals surface area contributed by atoms with Gasteiger partial charge in [0, 0.05) is 5.69 Å². The number of aryl methyl sites for hydroxylation is 1. The summed E-state index contributed by atoms with van der Waals surface area (Å²) >= 11 is 0. The van der Waals surface area contributed by atoms with E-state index in [1.807, 2.05) is 0 Å². The minimum absolute atomic E-state index is 0.112. The van der Waals surface area contributed by atoms with Crippen molar-refractivity contribution < 1.29 is 0 Å². The van der Waals surface area contributed by atoms with Crippen molar-refractivity contribution >= 4 is 11.6 Å². The second-order valence-corrected chi connectivity index (χ2v) is 6.91. The molecule has 1 aromatic carbocycles. The number of rotatable bonds is 1.